The molecule has 0 bridgehead atoms. The minimum Gasteiger partial charge on any atom is -0.320 e. The van der Waals surface area contributed by atoms with Gasteiger partial charge in [-0.2, -0.15) is 11.3 Å². The van der Waals surface area contributed by atoms with E-state index in [-0.39, 0.29) is 6.04 Å². The van der Waals surface area contributed by atoms with E-state index in [9.17, 15) is 0 Å². The lowest BCUT2D eigenvalue weighted by molar-refractivity contribution is 0.899. The number of hydrogen-bond donors (Lipinski definition) is 1. The third kappa shape index (κ3) is 2.04. The predicted molar refractivity (Wildman–Crippen MR) is 67.4 cm³/mol. The first kappa shape index (κ1) is 10.6. The summed E-state index contributed by atoms with van der Waals surface area (Å²) in [4.78, 5) is 1.08. The topological polar surface area (TPSA) is 26.0 Å². The van der Waals surface area contributed by atoms with Crippen LogP contribution in [-0.2, 0) is 0 Å². The van der Waals surface area contributed by atoms with Crippen LogP contribution in [0.15, 0.2) is 27.4 Å². The summed E-state index contributed by atoms with van der Waals surface area (Å²) >= 11 is 12.5. The minimum atomic E-state index is -0.0601. The molecule has 0 radical (unpaired) electrons. The Kier molecular flexibility index (Phi) is 3.29. The smallest absolute Gasteiger partial charge is 0.107 e. The molecule has 2 heterocycles. The second-order valence-electron chi connectivity index (χ2n) is 2.80. The van der Waals surface area contributed by atoms with E-state index in [1.807, 2.05) is 17.5 Å². The van der Waals surface area contributed by atoms with Gasteiger partial charge in [-0.25, -0.2) is 0 Å². The lowest BCUT2D eigenvalue weighted by Crippen LogP contribution is -2.08. The van der Waals surface area contributed by atoms with E-state index in [0.717, 1.165) is 19.2 Å². The molecule has 1 atom stereocenters. The molecular weight excluding hydrogens is 302 g/mol. The van der Waals surface area contributed by atoms with Gasteiger partial charge in [-0.3, -0.25) is 0 Å². The molecule has 0 aliphatic rings. The number of halogens is 2. The van der Waals surface area contributed by atoms with Crippen molar-refractivity contribution in [1.82, 2.24) is 0 Å². The van der Waals surface area contributed by atoms with Gasteiger partial charge in [0.15, 0.2) is 0 Å². The van der Waals surface area contributed by atoms with Crippen molar-refractivity contribution in [2.75, 3.05) is 0 Å². The summed E-state index contributed by atoms with van der Waals surface area (Å²) in [6.07, 6.45) is 0. The lowest BCUT2D eigenvalue weighted by Gasteiger charge is -2.05. The average molecular weight is 309 g/mol. The van der Waals surface area contributed by atoms with E-state index in [4.69, 9.17) is 17.3 Å². The zero-order valence-corrected chi connectivity index (χ0v) is 11.0. The molecule has 0 aliphatic carbocycles. The van der Waals surface area contributed by atoms with Gasteiger partial charge in [-0.05, 0) is 44.4 Å². The molecular formula is C9H7BrClNS2. The normalized spacial score (nSPS) is 13.1. The van der Waals surface area contributed by atoms with Crippen LogP contribution in [-0.4, -0.2) is 0 Å². The fourth-order valence-corrected chi connectivity index (χ4v) is 3.60. The van der Waals surface area contributed by atoms with Crippen molar-refractivity contribution in [3.8, 4) is 0 Å². The fraction of sp³-hybridized carbons (Fsp3) is 0.111. The van der Waals surface area contributed by atoms with Crippen molar-refractivity contribution >= 4 is 50.2 Å². The van der Waals surface area contributed by atoms with E-state index in [0.29, 0.717) is 0 Å². The van der Waals surface area contributed by atoms with E-state index in [1.54, 1.807) is 11.3 Å². The monoisotopic (exact) mass is 307 g/mol. The van der Waals surface area contributed by atoms with E-state index < -0.39 is 0 Å². The SMILES string of the molecule is NC(c1ccsc1)c1cc(Br)c(Cl)s1. The van der Waals surface area contributed by atoms with Gasteiger partial charge in [-0.1, -0.05) is 11.6 Å². The Morgan fingerprint density at radius 1 is 1.50 bits per heavy atom. The molecule has 0 aliphatic heterocycles. The maximum Gasteiger partial charge on any atom is 0.107 e. The third-order valence-electron chi connectivity index (χ3n) is 1.87. The number of thiophene rings is 2. The van der Waals surface area contributed by atoms with Gasteiger partial charge >= 0.3 is 0 Å². The Morgan fingerprint density at radius 2 is 2.29 bits per heavy atom. The van der Waals surface area contributed by atoms with Gasteiger partial charge in [0.05, 0.1) is 6.04 Å². The second-order valence-corrected chi connectivity index (χ2v) is 6.12. The van der Waals surface area contributed by atoms with Gasteiger partial charge in [0.2, 0.25) is 0 Å². The maximum atomic E-state index is 6.08. The highest BCUT2D eigenvalue weighted by molar-refractivity contribution is 9.10. The van der Waals surface area contributed by atoms with Crippen LogP contribution in [0.3, 0.4) is 0 Å². The Hall–Kier alpha value is 0.130. The standard InChI is InChI=1S/C9H7BrClNS2/c10-6-3-7(14-9(6)11)8(12)5-1-2-13-4-5/h1-4,8H,12H2. The molecule has 2 rings (SSSR count). The summed E-state index contributed by atoms with van der Waals surface area (Å²) in [6, 6.07) is 3.96. The molecule has 0 amide bonds. The molecule has 1 nitrogen and oxygen atoms in total. The molecule has 74 valence electrons. The molecule has 0 aromatic carbocycles. The van der Waals surface area contributed by atoms with Crippen molar-refractivity contribution in [2.24, 2.45) is 5.73 Å². The minimum absolute atomic E-state index is 0.0601. The van der Waals surface area contributed by atoms with Gasteiger partial charge < -0.3 is 5.73 Å². The van der Waals surface area contributed by atoms with Crippen LogP contribution in [0.25, 0.3) is 0 Å². The molecule has 0 saturated heterocycles. The highest BCUT2D eigenvalue weighted by Crippen LogP contribution is 2.36. The van der Waals surface area contributed by atoms with Crippen molar-refractivity contribution in [3.63, 3.8) is 0 Å². The second kappa shape index (κ2) is 4.33. The Bertz CT molecular complexity index is 404. The molecule has 0 spiro atoms. The largest absolute Gasteiger partial charge is 0.320 e. The van der Waals surface area contributed by atoms with E-state index in [1.165, 1.54) is 11.3 Å². The predicted octanol–water partition coefficient (Wildman–Crippen LogP) is 4.27. The van der Waals surface area contributed by atoms with Crippen LogP contribution < -0.4 is 5.73 Å². The van der Waals surface area contributed by atoms with Crippen LogP contribution in [0.4, 0.5) is 0 Å². The number of rotatable bonds is 2. The molecule has 0 saturated carbocycles. The number of hydrogen-bond acceptors (Lipinski definition) is 3. The highest BCUT2D eigenvalue weighted by Gasteiger charge is 2.13. The highest BCUT2D eigenvalue weighted by atomic mass is 79.9. The molecule has 2 aromatic rings. The molecule has 0 fully saturated rings. The first-order chi connectivity index (χ1) is 6.68. The summed E-state index contributed by atoms with van der Waals surface area (Å²) in [5, 5.41) is 4.09. The molecule has 2 N–H and O–H groups in total. The van der Waals surface area contributed by atoms with Crippen LogP contribution in [0.5, 0.6) is 0 Å². The van der Waals surface area contributed by atoms with Crippen LogP contribution in [0.1, 0.15) is 16.5 Å². The lowest BCUT2D eigenvalue weighted by atomic mass is 10.1. The van der Waals surface area contributed by atoms with Crippen molar-refractivity contribution in [3.05, 3.63) is 42.1 Å². The van der Waals surface area contributed by atoms with Gasteiger partial charge in [0, 0.05) is 9.35 Å². The first-order valence-electron chi connectivity index (χ1n) is 3.91. The van der Waals surface area contributed by atoms with Gasteiger partial charge in [-0.15, -0.1) is 11.3 Å². The van der Waals surface area contributed by atoms with Crippen molar-refractivity contribution in [2.45, 2.75) is 6.04 Å². The van der Waals surface area contributed by atoms with Crippen LogP contribution in [0.2, 0.25) is 4.34 Å². The fourth-order valence-electron chi connectivity index (χ4n) is 1.13. The van der Waals surface area contributed by atoms with Gasteiger partial charge in [0.1, 0.15) is 4.34 Å². The Morgan fingerprint density at radius 3 is 2.79 bits per heavy atom. The molecule has 2 aromatic heterocycles. The quantitative estimate of drug-likeness (QED) is 0.880. The summed E-state index contributed by atoms with van der Waals surface area (Å²) in [5.74, 6) is 0. The van der Waals surface area contributed by atoms with E-state index >= 15 is 0 Å². The molecule has 1 unspecified atom stereocenters. The van der Waals surface area contributed by atoms with Crippen LogP contribution >= 0.6 is 50.2 Å². The third-order valence-corrected chi connectivity index (χ3v) is 5.13. The van der Waals surface area contributed by atoms with Crippen molar-refractivity contribution < 1.29 is 0 Å². The van der Waals surface area contributed by atoms with E-state index in [2.05, 4.69) is 21.3 Å². The zero-order chi connectivity index (χ0) is 10.1. The zero-order valence-electron chi connectivity index (χ0n) is 7.04. The summed E-state index contributed by atoms with van der Waals surface area (Å²) in [7, 11) is 0. The number of nitrogens with two attached hydrogens (primary N) is 1. The summed E-state index contributed by atoms with van der Waals surface area (Å²) in [5.41, 5.74) is 7.22. The summed E-state index contributed by atoms with van der Waals surface area (Å²) in [6.45, 7) is 0. The Balaban J connectivity index is 2.32. The maximum absolute atomic E-state index is 6.08. The first-order valence-corrected chi connectivity index (χ1v) is 6.84. The van der Waals surface area contributed by atoms with Crippen LogP contribution in [0, 0.1) is 0 Å². The summed E-state index contributed by atoms with van der Waals surface area (Å²) < 4.78 is 1.68. The molecule has 14 heavy (non-hydrogen) atoms. The average Bonchev–Trinajstić information content (AvgIpc) is 2.76. The van der Waals surface area contributed by atoms with Gasteiger partial charge in [0.25, 0.3) is 0 Å². The molecule has 5 heteroatoms. The Labute approximate surface area is 104 Å². The van der Waals surface area contributed by atoms with Crippen molar-refractivity contribution in [1.29, 1.82) is 0 Å².